The number of carbonyl (C=O) groups excluding carboxylic acids is 2. The van der Waals surface area contributed by atoms with Crippen LogP contribution in [0.2, 0.25) is 0 Å². The molecule has 0 saturated carbocycles. The number of amides is 2. The van der Waals surface area contributed by atoms with Crippen LogP contribution in [0.25, 0.3) is 0 Å². The molecule has 6 heteroatoms. The second-order valence-electron chi connectivity index (χ2n) is 8.55. The first kappa shape index (κ1) is 21.5. The molecule has 0 spiro atoms. The van der Waals surface area contributed by atoms with Crippen molar-refractivity contribution in [3.05, 3.63) is 57.8 Å². The Kier molecular flexibility index (Phi) is 7.09. The maximum absolute atomic E-state index is 12.6. The fourth-order valence-electron chi connectivity index (χ4n) is 3.70. The van der Waals surface area contributed by atoms with E-state index in [2.05, 4.69) is 36.3 Å². The van der Waals surface area contributed by atoms with Crippen LogP contribution in [0, 0.1) is 5.92 Å². The van der Waals surface area contributed by atoms with E-state index in [-0.39, 0.29) is 17.4 Å². The Bertz CT molecular complexity index is 815. The fraction of sp³-hybridized carbons (Fsp3) is 0.478. The zero-order valence-electron chi connectivity index (χ0n) is 17.5. The van der Waals surface area contributed by atoms with Gasteiger partial charge < -0.3 is 10.6 Å². The third kappa shape index (κ3) is 5.90. The van der Waals surface area contributed by atoms with Crippen molar-refractivity contribution in [2.75, 3.05) is 19.6 Å². The molecule has 2 N–H and O–H groups in total. The second-order valence-corrected chi connectivity index (χ2v) is 9.49. The van der Waals surface area contributed by atoms with E-state index in [0.29, 0.717) is 29.4 Å². The van der Waals surface area contributed by atoms with Crippen LogP contribution in [0.15, 0.2) is 41.8 Å². The van der Waals surface area contributed by atoms with Gasteiger partial charge in [0.2, 0.25) is 0 Å². The third-order valence-corrected chi connectivity index (χ3v) is 6.48. The SMILES string of the molecule is CC1CCCN(C(C)(C)CNC(=O)c2ccc(CNC(=O)c3cccs3)cc2)C1. The lowest BCUT2D eigenvalue weighted by atomic mass is 9.93. The van der Waals surface area contributed by atoms with E-state index in [9.17, 15) is 9.59 Å². The summed E-state index contributed by atoms with van der Waals surface area (Å²) < 4.78 is 0. The molecule has 1 fully saturated rings. The summed E-state index contributed by atoms with van der Waals surface area (Å²) in [6, 6.07) is 11.1. The summed E-state index contributed by atoms with van der Waals surface area (Å²) in [4.78, 5) is 27.8. The molecule has 2 aromatic rings. The Morgan fingerprint density at radius 3 is 2.55 bits per heavy atom. The van der Waals surface area contributed by atoms with Crippen molar-refractivity contribution in [1.82, 2.24) is 15.5 Å². The van der Waals surface area contributed by atoms with Gasteiger partial charge in [-0.2, -0.15) is 0 Å². The van der Waals surface area contributed by atoms with Gasteiger partial charge in [0.1, 0.15) is 0 Å². The molecule has 1 saturated heterocycles. The van der Waals surface area contributed by atoms with Gasteiger partial charge >= 0.3 is 0 Å². The lowest BCUT2D eigenvalue weighted by Gasteiger charge is -2.43. The highest BCUT2D eigenvalue weighted by Gasteiger charge is 2.30. The Morgan fingerprint density at radius 1 is 1.14 bits per heavy atom. The van der Waals surface area contributed by atoms with Gasteiger partial charge in [-0.1, -0.05) is 25.1 Å². The first-order valence-corrected chi connectivity index (χ1v) is 11.2. The Balaban J connectivity index is 1.49. The van der Waals surface area contributed by atoms with Gasteiger partial charge in [0.25, 0.3) is 11.8 Å². The number of nitrogens with one attached hydrogen (secondary N) is 2. The van der Waals surface area contributed by atoms with Crippen LogP contribution in [0.4, 0.5) is 0 Å². The number of piperidine rings is 1. The minimum Gasteiger partial charge on any atom is -0.350 e. The van der Waals surface area contributed by atoms with Crippen LogP contribution in [0.1, 0.15) is 59.2 Å². The normalized spacial score (nSPS) is 17.7. The van der Waals surface area contributed by atoms with Crippen LogP contribution >= 0.6 is 11.3 Å². The summed E-state index contributed by atoms with van der Waals surface area (Å²) >= 11 is 1.42. The van der Waals surface area contributed by atoms with E-state index in [1.807, 2.05) is 35.7 Å². The molecular formula is C23H31N3O2S. The highest BCUT2D eigenvalue weighted by Crippen LogP contribution is 2.23. The maximum Gasteiger partial charge on any atom is 0.261 e. The number of likely N-dealkylation sites (tertiary alicyclic amines) is 1. The fourth-order valence-corrected chi connectivity index (χ4v) is 4.34. The number of hydrogen-bond donors (Lipinski definition) is 2. The minimum absolute atomic E-state index is 0.0581. The standard InChI is InChI=1S/C23H31N3O2S/c1-17-6-4-12-26(15-17)23(2,3)16-25-21(27)19-10-8-18(9-11-19)14-24-22(28)20-7-5-13-29-20/h5,7-11,13,17H,4,6,12,14-16H2,1-3H3,(H,24,28)(H,25,27). The molecule has 1 aliphatic rings. The number of benzene rings is 1. The van der Waals surface area contributed by atoms with Crippen molar-refractivity contribution >= 4 is 23.2 Å². The molecule has 5 nitrogen and oxygen atoms in total. The number of hydrogen-bond acceptors (Lipinski definition) is 4. The molecule has 2 amide bonds. The average Bonchev–Trinajstić information content (AvgIpc) is 3.26. The lowest BCUT2D eigenvalue weighted by Crippen LogP contribution is -2.54. The van der Waals surface area contributed by atoms with Crippen molar-refractivity contribution in [2.45, 2.75) is 45.7 Å². The van der Waals surface area contributed by atoms with Gasteiger partial charge in [-0.25, -0.2) is 0 Å². The summed E-state index contributed by atoms with van der Waals surface area (Å²) in [6.45, 7) is 9.95. The van der Waals surface area contributed by atoms with E-state index >= 15 is 0 Å². The van der Waals surface area contributed by atoms with Crippen LogP contribution in [0.5, 0.6) is 0 Å². The summed E-state index contributed by atoms with van der Waals surface area (Å²) in [6.07, 6.45) is 2.52. The van der Waals surface area contributed by atoms with Crippen LogP contribution in [0.3, 0.4) is 0 Å². The van der Waals surface area contributed by atoms with Crippen LogP contribution in [-0.4, -0.2) is 41.9 Å². The van der Waals surface area contributed by atoms with E-state index in [4.69, 9.17) is 0 Å². The molecule has 1 aromatic heterocycles. The largest absolute Gasteiger partial charge is 0.350 e. The second kappa shape index (κ2) is 9.55. The zero-order valence-corrected chi connectivity index (χ0v) is 18.3. The Labute approximate surface area is 177 Å². The molecule has 1 unspecified atom stereocenters. The van der Waals surface area contributed by atoms with Crippen molar-refractivity contribution in [3.63, 3.8) is 0 Å². The first-order valence-electron chi connectivity index (χ1n) is 10.3. The number of nitrogens with zero attached hydrogens (tertiary/aromatic N) is 1. The van der Waals surface area contributed by atoms with E-state index < -0.39 is 0 Å². The molecule has 156 valence electrons. The summed E-state index contributed by atoms with van der Waals surface area (Å²) in [5, 5.41) is 7.88. The lowest BCUT2D eigenvalue weighted by molar-refractivity contribution is 0.0657. The molecule has 0 bridgehead atoms. The molecule has 1 atom stereocenters. The van der Waals surface area contributed by atoms with Gasteiger partial charge in [0, 0.05) is 30.7 Å². The maximum atomic E-state index is 12.6. The van der Waals surface area contributed by atoms with E-state index in [1.165, 1.54) is 24.2 Å². The van der Waals surface area contributed by atoms with Crippen molar-refractivity contribution in [3.8, 4) is 0 Å². The minimum atomic E-state index is -0.0731. The van der Waals surface area contributed by atoms with Crippen LogP contribution in [-0.2, 0) is 6.54 Å². The van der Waals surface area contributed by atoms with Crippen molar-refractivity contribution in [1.29, 1.82) is 0 Å². The number of thiophene rings is 1. The summed E-state index contributed by atoms with van der Waals surface area (Å²) in [5.41, 5.74) is 1.55. The van der Waals surface area contributed by atoms with E-state index in [0.717, 1.165) is 18.7 Å². The third-order valence-electron chi connectivity index (χ3n) is 5.61. The molecule has 29 heavy (non-hydrogen) atoms. The highest BCUT2D eigenvalue weighted by molar-refractivity contribution is 7.12. The Hall–Kier alpha value is -2.18. The van der Waals surface area contributed by atoms with Crippen molar-refractivity contribution < 1.29 is 9.59 Å². The van der Waals surface area contributed by atoms with Crippen LogP contribution < -0.4 is 10.6 Å². The average molecular weight is 414 g/mol. The zero-order chi connectivity index (χ0) is 20.9. The topological polar surface area (TPSA) is 61.4 Å². The Morgan fingerprint density at radius 2 is 1.90 bits per heavy atom. The van der Waals surface area contributed by atoms with Gasteiger partial charge in [0.15, 0.2) is 0 Å². The molecule has 2 heterocycles. The summed E-state index contributed by atoms with van der Waals surface area (Å²) in [7, 11) is 0. The summed E-state index contributed by atoms with van der Waals surface area (Å²) in [5.74, 6) is 0.583. The quantitative estimate of drug-likeness (QED) is 0.723. The smallest absolute Gasteiger partial charge is 0.261 e. The molecule has 0 aliphatic carbocycles. The van der Waals surface area contributed by atoms with Gasteiger partial charge in [-0.05, 0) is 68.3 Å². The van der Waals surface area contributed by atoms with Crippen molar-refractivity contribution in [2.24, 2.45) is 5.92 Å². The monoisotopic (exact) mass is 413 g/mol. The molecule has 1 aromatic carbocycles. The van der Waals surface area contributed by atoms with E-state index in [1.54, 1.807) is 6.07 Å². The molecule has 3 rings (SSSR count). The number of carbonyl (C=O) groups is 2. The first-order chi connectivity index (χ1) is 13.8. The van der Waals surface area contributed by atoms with Gasteiger partial charge in [-0.3, -0.25) is 14.5 Å². The number of rotatable bonds is 7. The van der Waals surface area contributed by atoms with Gasteiger partial charge in [0.05, 0.1) is 4.88 Å². The molecule has 1 aliphatic heterocycles. The highest BCUT2D eigenvalue weighted by atomic mass is 32.1. The predicted molar refractivity (Wildman–Crippen MR) is 118 cm³/mol. The molecular weight excluding hydrogens is 382 g/mol. The van der Waals surface area contributed by atoms with Gasteiger partial charge in [-0.15, -0.1) is 11.3 Å². The predicted octanol–water partition coefficient (Wildman–Crippen LogP) is 3.92. The molecule has 0 radical (unpaired) electrons.